The molecule has 0 unspecified atom stereocenters. The molecule has 1 fully saturated rings. The summed E-state index contributed by atoms with van der Waals surface area (Å²) < 4.78 is 7.33. The maximum atomic E-state index is 5.29. The van der Waals surface area contributed by atoms with Gasteiger partial charge in [-0.25, -0.2) is 0 Å². The number of piperidine rings is 1. The number of furan rings is 1. The van der Waals surface area contributed by atoms with Crippen LogP contribution < -0.4 is 0 Å². The van der Waals surface area contributed by atoms with Gasteiger partial charge in [-0.2, -0.15) is 5.10 Å². The van der Waals surface area contributed by atoms with Crippen LogP contribution in [0.5, 0.6) is 0 Å². The molecule has 0 saturated carbocycles. The summed E-state index contributed by atoms with van der Waals surface area (Å²) in [7, 11) is 0. The Labute approximate surface area is 126 Å². The van der Waals surface area contributed by atoms with Gasteiger partial charge < -0.3 is 4.42 Å². The largest absolute Gasteiger partial charge is 0.465 e. The van der Waals surface area contributed by atoms with Crippen molar-refractivity contribution < 1.29 is 4.42 Å². The van der Waals surface area contributed by atoms with Crippen molar-refractivity contribution in [3.63, 3.8) is 0 Å². The summed E-state index contributed by atoms with van der Waals surface area (Å²) in [6, 6.07) is 5.90. The fourth-order valence-electron chi connectivity index (χ4n) is 2.91. The summed E-state index contributed by atoms with van der Waals surface area (Å²) in [4.78, 5) is 2.52. The summed E-state index contributed by atoms with van der Waals surface area (Å²) in [6.45, 7) is 4.47. The number of hydrogen-bond acceptors (Lipinski definition) is 3. The first-order valence-electron chi connectivity index (χ1n) is 7.80. The van der Waals surface area contributed by atoms with Crippen LogP contribution in [-0.4, -0.2) is 34.3 Å². The molecule has 21 heavy (non-hydrogen) atoms. The zero-order chi connectivity index (χ0) is 14.3. The van der Waals surface area contributed by atoms with Crippen molar-refractivity contribution in [3.05, 3.63) is 48.7 Å². The van der Waals surface area contributed by atoms with Gasteiger partial charge in [-0.05, 0) is 62.5 Å². The Hall–Kier alpha value is -1.81. The van der Waals surface area contributed by atoms with E-state index in [0.717, 1.165) is 24.8 Å². The molecule has 3 heterocycles. The topological polar surface area (TPSA) is 34.2 Å². The Morgan fingerprint density at radius 3 is 2.90 bits per heavy atom. The predicted octanol–water partition coefficient (Wildman–Crippen LogP) is 3.29. The van der Waals surface area contributed by atoms with Crippen LogP contribution in [0.2, 0.25) is 0 Å². The molecule has 3 rings (SSSR count). The van der Waals surface area contributed by atoms with Crippen molar-refractivity contribution >= 4 is 6.08 Å². The highest BCUT2D eigenvalue weighted by molar-refractivity contribution is 5.42. The van der Waals surface area contributed by atoms with E-state index in [4.69, 9.17) is 4.42 Å². The Bertz CT molecular complexity index is 522. The molecular formula is C17H23N3O. The summed E-state index contributed by atoms with van der Waals surface area (Å²) in [5, 5.41) is 4.27. The third-order valence-corrected chi connectivity index (χ3v) is 4.22. The molecule has 0 bridgehead atoms. The van der Waals surface area contributed by atoms with Gasteiger partial charge in [0.2, 0.25) is 0 Å². The van der Waals surface area contributed by atoms with E-state index in [1.54, 1.807) is 6.26 Å². The van der Waals surface area contributed by atoms with Crippen LogP contribution >= 0.6 is 0 Å². The van der Waals surface area contributed by atoms with Crippen LogP contribution in [0.4, 0.5) is 0 Å². The van der Waals surface area contributed by atoms with Crippen LogP contribution in [0.25, 0.3) is 6.08 Å². The van der Waals surface area contributed by atoms with Crippen LogP contribution in [0.15, 0.2) is 47.3 Å². The third-order valence-electron chi connectivity index (χ3n) is 4.22. The number of aromatic nitrogens is 2. The summed E-state index contributed by atoms with van der Waals surface area (Å²) in [5.41, 5.74) is 0. The van der Waals surface area contributed by atoms with Crippen molar-refractivity contribution in [1.82, 2.24) is 14.7 Å². The maximum absolute atomic E-state index is 5.29. The second kappa shape index (κ2) is 7.27. The SMILES string of the molecule is C(=C\c1ccco1)/CN1CCC(CCn2cccn2)CC1. The van der Waals surface area contributed by atoms with E-state index in [1.807, 2.05) is 29.1 Å². The van der Waals surface area contributed by atoms with Crippen LogP contribution in [0.3, 0.4) is 0 Å². The summed E-state index contributed by atoms with van der Waals surface area (Å²) in [6.07, 6.45) is 13.7. The van der Waals surface area contributed by atoms with E-state index in [9.17, 15) is 0 Å². The smallest absolute Gasteiger partial charge is 0.126 e. The van der Waals surface area contributed by atoms with Crippen molar-refractivity contribution in [1.29, 1.82) is 0 Å². The van der Waals surface area contributed by atoms with Crippen molar-refractivity contribution in [2.24, 2.45) is 5.92 Å². The average molecular weight is 285 g/mol. The molecule has 4 nitrogen and oxygen atoms in total. The number of hydrogen-bond donors (Lipinski definition) is 0. The molecule has 0 aliphatic carbocycles. The van der Waals surface area contributed by atoms with Gasteiger partial charge in [-0.3, -0.25) is 9.58 Å². The van der Waals surface area contributed by atoms with Gasteiger partial charge in [-0.1, -0.05) is 6.08 Å². The van der Waals surface area contributed by atoms with Crippen molar-refractivity contribution in [3.8, 4) is 0 Å². The van der Waals surface area contributed by atoms with Crippen molar-refractivity contribution in [2.45, 2.75) is 25.8 Å². The second-order valence-electron chi connectivity index (χ2n) is 5.72. The van der Waals surface area contributed by atoms with Gasteiger partial charge in [0.05, 0.1) is 6.26 Å². The van der Waals surface area contributed by atoms with E-state index in [-0.39, 0.29) is 0 Å². The number of aryl methyl sites for hydroxylation is 1. The van der Waals surface area contributed by atoms with E-state index < -0.39 is 0 Å². The number of likely N-dealkylation sites (tertiary alicyclic amines) is 1. The molecular weight excluding hydrogens is 262 g/mol. The molecule has 0 radical (unpaired) electrons. The molecule has 0 amide bonds. The molecule has 1 aliphatic heterocycles. The molecule has 1 saturated heterocycles. The van der Waals surface area contributed by atoms with Gasteiger partial charge in [0.15, 0.2) is 0 Å². The first-order valence-corrected chi connectivity index (χ1v) is 7.80. The van der Waals surface area contributed by atoms with Gasteiger partial charge in [-0.15, -0.1) is 0 Å². The average Bonchev–Trinajstić information content (AvgIpc) is 3.20. The minimum Gasteiger partial charge on any atom is -0.465 e. The summed E-state index contributed by atoms with van der Waals surface area (Å²) >= 11 is 0. The van der Waals surface area contributed by atoms with Crippen molar-refractivity contribution in [2.75, 3.05) is 19.6 Å². The Balaban J connectivity index is 1.35. The molecule has 112 valence electrons. The Kier molecular flexibility index (Phi) is 4.90. The highest BCUT2D eigenvalue weighted by Crippen LogP contribution is 2.21. The third kappa shape index (κ3) is 4.33. The minimum atomic E-state index is 0.847. The van der Waals surface area contributed by atoms with Gasteiger partial charge in [0, 0.05) is 25.5 Å². The zero-order valence-electron chi connectivity index (χ0n) is 12.4. The van der Waals surface area contributed by atoms with Gasteiger partial charge in [0.25, 0.3) is 0 Å². The fourth-order valence-corrected chi connectivity index (χ4v) is 2.91. The molecule has 0 aromatic carbocycles. The molecule has 2 aromatic heterocycles. The lowest BCUT2D eigenvalue weighted by molar-refractivity contribution is 0.190. The predicted molar refractivity (Wildman–Crippen MR) is 83.8 cm³/mol. The van der Waals surface area contributed by atoms with Crippen LogP contribution in [0.1, 0.15) is 25.0 Å². The summed E-state index contributed by atoms with van der Waals surface area (Å²) in [5.74, 6) is 1.78. The van der Waals surface area contributed by atoms with Crippen LogP contribution in [0, 0.1) is 5.92 Å². The lowest BCUT2D eigenvalue weighted by Crippen LogP contribution is -2.34. The van der Waals surface area contributed by atoms with Gasteiger partial charge >= 0.3 is 0 Å². The van der Waals surface area contributed by atoms with Crippen LogP contribution in [-0.2, 0) is 6.54 Å². The van der Waals surface area contributed by atoms with E-state index in [1.165, 1.54) is 32.4 Å². The Morgan fingerprint density at radius 2 is 2.19 bits per heavy atom. The number of nitrogens with zero attached hydrogens (tertiary/aromatic N) is 3. The molecule has 0 N–H and O–H groups in total. The molecule has 0 atom stereocenters. The molecule has 2 aromatic rings. The normalized spacial score (nSPS) is 17.7. The highest BCUT2D eigenvalue weighted by Gasteiger charge is 2.18. The van der Waals surface area contributed by atoms with Gasteiger partial charge in [0.1, 0.15) is 5.76 Å². The highest BCUT2D eigenvalue weighted by atomic mass is 16.3. The minimum absolute atomic E-state index is 0.847. The molecule has 4 heteroatoms. The zero-order valence-corrected chi connectivity index (χ0v) is 12.4. The fraction of sp³-hybridized carbons (Fsp3) is 0.471. The van der Waals surface area contributed by atoms with E-state index in [2.05, 4.69) is 28.3 Å². The lowest BCUT2D eigenvalue weighted by Gasteiger charge is -2.31. The molecule has 0 spiro atoms. The number of rotatable bonds is 6. The first-order chi connectivity index (χ1) is 10.4. The first kappa shape index (κ1) is 14.1. The molecule has 1 aliphatic rings. The quantitative estimate of drug-likeness (QED) is 0.816. The monoisotopic (exact) mass is 285 g/mol. The Morgan fingerprint density at radius 1 is 1.29 bits per heavy atom. The van der Waals surface area contributed by atoms with E-state index in [0.29, 0.717) is 0 Å². The maximum Gasteiger partial charge on any atom is 0.126 e. The second-order valence-corrected chi connectivity index (χ2v) is 5.72. The van der Waals surface area contributed by atoms with E-state index >= 15 is 0 Å². The standard InChI is InChI=1S/C17H23N3O/c1(4-17-5-2-15-21-17)10-19-12-6-16(7-13-19)8-14-20-11-3-9-18-20/h1-5,9,11,15-16H,6-8,10,12-14H2/b4-1+. The lowest BCUT2D eigenvalue weighted by atomic mass is 9.93.